The molecule has 0 aliphatic heterocycles. The lowest BCUT2D eigenvalue weighted by molar-refractivity contribution is -0.141. The van der Waals surface area contributed by atoms with Gasteiger partial charge in [-0.3, -0.25) is 0 Å². The third-order valence-corrected chi connectivity index (χ3v) is 3.43. The number of halogens is 5. The van der Waals surface area contributed by atoms with Crippen LogP contribution >= 0.6 is 23.2 Å². The molecule has 3 rings (SSSR count). The fraction of sp³-hybridized carbons (Fsp3) is 0.0588. The molecule has 0 atom stereocenters. The van der Waals surface area contributed by atoms with E-state index in [4.69, 9.17) is 28.3 Å². The van der Waals surface area contributed by atoms with E-state index in [-0.39, 0.29) is 11.0 Å². The molecule has 136 valence electrons. The third kappa shape index (κ3) is 6.09. The standard InChI is InChI=1S/C11H6Cl2F3N3.C6H6O/c12-6-1-2-8(7(13)5-6)18-10-17-4-3-9(19-10)11(14,15)16;7-6-4-2-1-3-5-6/h1-5H,(H,17,18,19);1-5,7H. The number of nitrogens with zero attached hydrogens (tertiary/aromatic N) is 2. The first-order chi connectivity index (χ1) is 12.3. The Morgan fingerprint density at radius 2 is 1.65 bits per heavy atom. The number of alkyl halides is 3. The van der Waals surface area contributed by atoms with Gasteiger partial charge in [0, 0.05) is 11.2 Å². The molecule has 0 radical (unpaired) electrons. The second-order valence-corrected chi connectivity index (χ2v) is 5.69. The van der Waals surface area contributed by atoms with E-state index in [1.54, 1.807) is 30.3 Å². The molecule has 1 heterocycles. The van der Waals surface area contributed by atoms with Crippen molar-refractivity contribution in [2.24, 2.45) is 0 Å². The number of nitrogens with one attached hydrogen (secondary N) is 1. The average Bonchev–Trinajstić information content (AvgIpc) is 2.58. The zero-order valence-corrected chi connectivity index (χ0v) is 14.5. The summed E-state index contributed by atoms with van der Waals surface area (Å²) in [7, 11) is 0. The Kier molecular flexibility index (Phi) is 6.65. The monoisotopic (exact) mass is 401 g/mol. The van der Waals surface area contributed by atoms with Crippen molar-refractivity contribution in [2.75, 3.05) is 5.32 Å². The molecule has 0 amide bonds. The van der Waals surface area contributed by atoms with Crippen LogP contribution in [0.1, 0.15) is 5.69 Å². The van der Waals surface area contributed by atoms with Gasteiger partial charge in [-0.05, 0) is 36.4 Å². The van der Waals surface area contributed by atoms with Crippen molar-refractivity contribution < 1.29 is 18.3 Å². The van der Waals surface area contributed by atoms with Crippen LogP contribution in [0.2, 0.25) is 10.0 Å². The fourth-order valence-corrected chi connectivity index (χ4v) is 2.17. The molecule has 0 aliphatic carbocycles. The maximum atomic E-state index is 12.5. The molecule has 0 bridgehead atoms. The van der Waals surface area contributed by atoms with E-state index in [9.17, 15) is 13.2 Å². The Morgan fingerprint density at radius 3 is 2.19 bits per heavy atom. The summed E-state index contributed by atoms with van der Waals surface area (Å²) in [6, 6.07) is 14.0. The minimum absolute atomic E-state index is 0.195. The molecular weight excluding hydrogens is 390 g/mol. The number of para-hydroxylation sites is 1. The van der Waals surface area contributed by atoms with Crippen LogP contribution in [0.5, 0.6) is 5.75 Å². The summed E-state index contributed by atoms with van der Waals surface area (Å²) in [5.74, 6) is 0.126. The second kappa shape index (κ2) is 8.73. The van der Waals surface area contributed by atoms with Gasteiger partial charge < -0.3 is 10.4 Å². The van der Waals surface area contributed by atoms with Crippen LogP contribution < -0.4 is 5.32 Å². The van der Waals surface area contributed by atoms with Gasteiger partial charge in [-0.25, -0.2) is 9.97 Å². The predicted octanol–water partition coefficient (Wildman–Crippen LogP) is 5.94. The molecule has 2 N–H and O–H groups in total. The van der Waals surface area contributed by atoms with Crippen molar-refractivity contribution in [3.63, 3.8) is 0 Å². The van der Waals surface area contributed by atoms with Crippen molar-refractivity contribution in [1.82, 2.24) is 9.97 Å². The maximum absolute atomic E-state index is 12.5. The zero-order valence-electron chi connectivity index (χ0n) is 13.0. The van der Waals surface area contributed by atoms with E-state index in [0.29, 0.717) is 16.5 Å². The first kappa shape index (κ1) is 19.8. The molecule has 1 aromatic heterocycles. The molecule has 3 aromatic rings. The van der Waals surface area contributed by atoms with Crippen LogP contribution in [0.25, 0.3) is 0 Å². The SMILES string of the molecule is FC(F)(F)c1ccnc(Nc2ccc(Cl)cc2Cl)n1.Oc1ccccc1. The molecule has 4 nitrogen and oxygen atoms in total. The van der Waals surface area contributed by atoms with Crippen molar-refractivity contribution >= 4 is 34.8 Å². The Bertz CT molecular complexity index is 861. The maximum Gasteiger partial charge on any atom is 0.433 e. The zero-order chi connectivity index (χ0) is 19.2. The number of hydrogen-bond acceptors (Lipinski definition) is 4. The van der Waals surface area contributed by atoms with E-state index in [0.717, 1.165) is 12.3 Å². The number of phenols is 1. The van der Waals surface area contributed by atoms with Crippen LogP contribution in [0.15, 0.2) is 60.8 Å². The van der Waals surface area contributed by atoms with E-state index in [1.165, 1.54) is 12.1 Å². The highest BCUT2D eigenvalue weighted by atomic mass is 35.5. The fourth-order valence-electron chi connectivity index (χ4n) is 1.72. The van der Waals surface area contributed by atoms with Gasteiger partial charge >= 0.3 is 6.18 Å². The van der Waals surface area contributed by atoms with E-state index < -0.39 is 11.9 Å². The number of aromatic hydroxyl groups is 1. The Balaban J connectivity index is 0.000000290. The highest BCUT2D eigenvalue weighted by molar-refractivity contribution is 6.36. The first-order valence-corrected chi connectivity index (χ1v) is 7.87. The summed E-state index contributed by atoms with van der Waals surface area (Å²) >= 11 is 11.6. The molecule has 9 heteroatoms. The number of hydrogen-bond donors (Lipinski definition) is 2. The van der Waals surface area contributed by atoms with E-state index in [2.05, 4.69) is 15.3 Å². The third-order valence-electron chi connectivity index (χ3n) is 2.88. The minimum Gasteiger partial charge on any atom is -0.508 e. The van der Waals surface area contributed by atoms with Crippen LogP contribution in [0.4, 0.5) is 24.8 Å². The Hall–Kier alpha value is -2.51. The molecule has 0 spiro atoms. The van der Waals surface area contributed by atoms with Gasteiger partial charge in [-0.2, -0.15) is 13.2 Å². The van der Waals surface area contributed by atoms with Crippen molar-refractivity contribution in [1.29, 1.82) is 0 Å². The van der Waals surface area contributed by atoms with Gasteiger partial charge in [0.15, 0.2) is 0 Å². The molecule has 0 aliphatic rings. The highest BCUT2D eigenvalue weighted by Crippen LogP contribution is 2.30. The molecule has 0 unspecified atom stereocenters. The number of aromatic nitrogens is 2. The number of phenolic OH excluding ortho intramolecular Hbond substituents is 1. The van der Waals surface area contributed by atoms with Gasteiger partial charge in [0.2, 0.25) is 5.95 Å². The van der Waals surface area contributed by atoms with E-state index in [1.807, 2.05) is 6.07 Å². The summed E-state index contributed by atoms with van der Waals surface area (Å²) in [6.45, 7) is 0. The lowest BCUT2D eigenvalue weighted by atomic mass is 10.3. The molecule has 0 saturated heterocycles. The quantitative estimate of drug-likeness (QED) is 0.557. The van der Waals surface area contributed by atoms with Gasteiger partial charge in [0.25, 0.3) is 0 Å². The number of anilines is 2. The largest absolute Gasteiger partial charge is 0.508 e. The summed E-state index contributed by atoms with van der Waals surface area (Å²) in [6.07, 6.45) is -3.51. The van der Waals surface area contributed by atoms with Crippen molar-refractivity contribution in [2.45, 2.75) is 6.18 Å². The topological polar surface area (TPSA) is 58.0 Å². The van der Waals surface area contributed by atoms with Crippen LogP contribution in [0.3, 0.4) is 0 Å². The van der Waals surface area contributed by atoms with Crippen LogP contribution in [0, 0.1) is 0 Å². The van der Waals surface area contributed by atoms with Crippen LogP contribution in [-0.2, 0) is 6.18 Å². The van der Waals surface area contributed by atoms with E-state index >= 15 is 0 Å². The van der Waals surface area contributed by atoms with Gasteiger partial charge in [0.1, 0.15) is 11.4 Å². The summed E-state index contributed by atoms with van der Waals surface area (Å²) < 4.78 is 37.4. The molecule has 0 fully saturated rings. The Labute approximate surface area is 157 Å². The van der Waals surface area contributed by atoms with Gasteiger partial charge in [0.05, 0.1) is 10.7 Å². The normalized spacial score (nSPS) is 10.7. The van der Waals surface area contributed by atoms with Gasteiger partial charge in [-0.1, -0.05) is 41.4 Å². The predicted molar refractivity (Wildman–Crippen MR) is 94.9 cm³/mol. The minimum atomic E-state index is -4.52. The second-order valence-electron chi connectivity index (χ2n) is 4.85. The number of rotatable bonds is 2. The van der Waals surface area contributed by atoms with Crippen molar-refractivity contribution in [3.05, 3.63) is 76.5 Å². The summed E-state index contributed by atoms with van der Waals surface area (Å²) in [5.41, 5.74) is -0.666. The van der Waals surface area contributed by atoms with Crippen molar-refractivity contribution in [3.8, 4) is 5.75 Å². The van der Waals surface area contributed by atoms with Gasteiger partial charge in [-0.15, -0.1) is 0 Å². The van der Waals surface area contributed by atoms with Crippen LogP contribution in [-0.4, -0.2) is 15.1 Å². The molecule has 26 heavy (non-hydrogen) atoms. The highest BCUT2D eigenvalue weighted by Gasteiger charge is 2.32. The summed E-state index contributed by atoms with van der Waals surface area (Å²) in [5, 5.41) is 11.9. The Morgan fingerprint density at radius 1 is 0.962 bits per heavy atom. The number of benzene rings is 2. The molecule has 2 aromatic carbocycles. The lowest BCUT2D eigenvalue weighted by Crippen LogP contribution is -2.10. The lowest BCUT2D eigenvalue weighted by Gasteiger charge is -2.09. The molecule has 0 saturated carbocycles. The smallest absolute Gasteiger partial charge is 0.433 e. The average molecular weight is 402 g/mol. The summed E-state index contributed by atoms with van der Waals surface area (Å²) in [4.78, 5) is 7.06. The first-order valence-electron chi connectivity index (χ1n) is 7.12. The molecular formula is C17H12Cl2F3N3O.